The number of ether oxygens (including phenoxy) is 2. The lowest BCUT2D eigenvalue weighted by atomic mass is 9.99. The van der Waals surface area contributed by atoms with Gasteiger partial charge in [-0.15, -0.1) is 5.10 Å². The van der Waals surface area contributed by atoms with E-state index in [0.717, 1.165) is 11.3 Å². The molecule has 7 nitrogen and oxygen atoms in total. The van der Waals surface area contributed by atoms with Crippen LogP contribution in [0.25, 0.3) is 5.57 Å². The van der Waals surface area contributed by atoms with E-state index < -0.39 is 5.91 Å². The molecule has 0 saturated carbocycles. The van der Waals surface area contributed by atoms with E-state index in [0.29, 0.717) is 35.8 Å². The van der Waals surface area contributed by atoms with Crippen LogP contribution in [-0.2, 0) is 4.74 Å². The van der Waals surface area contributed by atoms with Gasteiger partial charge >= 0.3 is 0 Å². The van der Waals surface area contributed by atoms with E-state index in [-0.39, 0.29) is 22.0 Å². The number of nitrogens with zero attached hydrogens (tertiary/aromatic N) is 3. The second kappa shape index (κ2) is 13.8. The quantitative estimate of drug-likeness (QED) is 0.232. The third kappa shape index (κ3) is 7.77. The third-order valence-electron chi connectivity index (χ3n) is 4.58. The minimum absolute atomic E-state index is 0.124. The van der Waals surface area contributed by atoms with Gasteiger partial charge in [-0.3, -0.25) is 15.1 Å². The number of pyridine rings is 1. The lowest BCUT2D eigenvalue weighted by Crippen LogP contribution is -2.15. The Balaban J connectivity index is 2.16. The summed E-state index contributed by atoms with van der Waals surface area (Å²) in [5, 5.41) is 11.2. The Labute approximate surface area is 203 Å². The summed E-state index contributed by atoms with van der Waals surface area (Å²) in [5.74, 6) is -0.235. The predicted octanol–water partition coefficient (Wildman–Crippen LogP) is 6.20. The molecule has 0 spiro atoms. The lowest BCUT2D eigenvalue weighted by molar-refractivity contribution is 0.102. The summed E-state index contributed by atoms with van der Waals surface area (Å²) >= 11 is 1.10. The molecular weight excluding hydrogens is 455 g/mol. The number of anilines is 1. The Bertz CT molecular complexity index is 1130. The molecule has 0 fully saturated rings. The van der Waals surface area contributed by atoms with Gasteiger partial charge in [0.05, 0.1) is 31.2 Å². The van der Waals surface area contributed by atoms with Crippen molar-refractivity contribution in [2.75, 3.05) is 19.0 Å². The normalized spacial score (nSPS) is 13.1. The number of rotatable bonds is 11. The molecule has 0 aromatic carbocycles. The second-order valence-corrected chi connectivity index (χ2v) is 7.99. The largest absolute Gasteiger partial charge is 0.496 e. The monoisotopic (exact) mass is 484 g/mol. The van der Waals surface area contributed by atoms with Gasteiger partial charge < -0.3 is 9.47 Å². The van der Waals surface area contributed by atoms with Crippen LogP contribution in [0.1, 0.15) is 48.8 Å². The number of nitrogens with one attached hydrogen (secondary N) is 1. The molecule has 0 bridgehead atoms. The van der Waals surface area contributed by atoms with Gasteiger partial charge in [0.2, 0.25) is 5.13 Å². The fraction of sp³-hybridized carbons (Fsp3) is 0.280. The minimum atomic E-state index is -0.504. The summed E-state index contributed by atoms with van der Waals surface area (Å²) in [6.45, 7) is 8.03. The average Bonchev–Trinajstić information content (AvgIpc) is 3.28. The van der Waals surface area contributed by atoms with E-state index in [2.05, 4.69) is 20.5 Å². The van der Waals surface area contributed by atoms with Crippen molar-refractivity contribution >= 4 is 27.9 Å². The molecule has 2 aromatic rings. The second-order valence-electron chi connectivity index (χ2n) is 7.05. The summed E-state index contributed by atoms with van der Waals surface area (Å²) in [6, 6.07) is 1.63. The SMILES string of the molecule is C/C=C\C=C(\OC)C(=CF)c1cc(C)ncc1C(=O)Nc1nnc(OCC/C=C\C(C)=C/C)s1. The molecule has 0 unspecified atom stereocenters. The highest BCUT2D eigenvalue weighted by Crippen LogP contribution is 2.29. The van der Waals surface area contributed by atoms with E-state index in [1.165, 1.54) is 18.9 Å². The fourth-order valence-corrected chi connectivity index (χ4v) is 3.34. The third-order valence-corrected chi connectivity index (χ3v) is 5.33. The molecule has 2 rings (SSSR count). The van der Waals surface area contributed by atoms with Gasteiger partial charge in [-0.05, 0) is 57.6 Å². The number of hydrogen-bond donors (Lipinski definition) is 1. The average molecular weight is 485 g/mol. The number of carbonyl (C=O) groups is 1. The first kappa shape index (κ1) is 26.7. The molecular formula is C25H29FN4O3S. The highest BCUT2D eigenvalue weighted by Gasteiger charge is 2.20. The maximum Gasteiger partial charge on any atom is 0.295 e. The van der Waals surface area contributed by atoms with Crippen LogP contribution in [0.3, 0.4) is 0 Å². The molecule has 180 valence electrons. The molecule has 1 amide bonds. The van der Waals surface area contributed by atoms with Crippen molar-refractivity contribution in [3.05, 3.63) is 83.2 Å². The van der Waals surface area contributed by atoms with Crippen LogP contribution < -0.4 is 10.1 Å². The highest BCUT2D eigenvalue weighted by atomic mass is 32.1. The smallest absolute Gasteiger partial charge is 0.295 e. The van der Waals surface area contributed by atoms with Crippen LogP contribution in [0.5, 0.6) is 5.19 Å². The van der Waals surface area contributed by atoms with Gasteiger partial charge in [-0.25, -0.2) is 4.39 Å². The molecule has 0 aliphatic rings. The first-order chi connectivity index (χ1) is 16.4. The lowest BCUT2D eigenvalue weighted by Gasteiger charge is -2.14. The van der Waals surface area contributed by atoms with Gasteiger partial charge in [0.15, 0.2) is 0 Å². The van der Waals surface area contributed by atoms with Gasteiger partial charge in [0.1, 0.15) is 5.76 Å². The van der Waals surface area contributed by atoms with Crippen molar-refractivity contribution in [2.45, 2.75) is 34.1 Å². The maximum absolute atomic E-state index is 13.9. The van der Waals surface area contributed by atoms with Crippen molar-refractivity contribution in [2.24, 2.45) is 0 Å². The number of aryl methyl sites for hydroxylation is 1. The summed E-state index contributed by atoms with van der Waals surface area (Å²) in [4.78, 5) is 17.2. The van der Waals surface area contributed by atoms with Crippen LogP contribution >= 0.6 is 11.3 Å². The summed E-state index contributed by atoms with van der Waals surface area (Å²) in [7, 11) is 1.44. The molecule has 0 radical (unpaired) electrons. The van der Waals surface area contributed by atoms with Gasteiger partial charge in [0.25, 0.3) is 11.1 Å². The molecule has 2 heterocycles. The van der Waals surface area contributed by atoms with Crippen molar-refractivity contribution in [1.82, 2.24) is 15.2 Å². The zero-order valence-electron chi connectivity index (χ0n) is 20.0. The van der Waals surface area contributed by atoms with Crippen LogP contribution in [0, 0.1) is 6.92 Å². The number of halogens is 1. The number of allylic oxidation sites excluding steroid dienone is 7. The Kier molecular flexibility index (Phi) is 10.9. The number of aromatic nitrogens is 3. The highest BCUT2D eigenvalue weighted by molar-refractivity contribution is 7.17. The van der Waals surface area contributed by atoms with Crippen molar-refractivity contribution in [3.63, 3.8) is 0 Å². The van der Waals surface area contributed by atoms with E-state index in [1.807, 2.05) is 39.0 Å². The molecule has 2 aromatic heterocycles. The van der Waals surface area contributed by atoms with E-state index in [1.54, 1.807) is 31.2 Å². The molecule has 34 heavy (non-hydrogen) atoms. The minimum Gasteiger partial charge on any atom is -0.496 e. The number of hydrogen-bond acceptors (Lipinski definition) is 7. The Morgan fingerprint density at radius 2 is 2.06 bits per heavy atom. The zero-order chi connectivity index (χ0) is 24.9. The molecule has 9 heteroatoms. The molecule has 0 aliphatic carbocycles. The molecule has 0 saturated heterocycles. The van der Waals surface area contributed by atoms with Gasteiger partial charge in [-0.2, -0.15) is 0 Å². The molecule has 0 aliphatic heterocycles. The van der Waals surface area contributed by atoms with Crippen molar-refractivity contribution in [1.29, 1.82) is 0 Å². The van der Waals surface area contributed by atoms with E-state index >= 15 is 0 Å². The Hall–Kier alpha value is -3.59. The van der Waals surface area contributed by atoms with Crippen molar-refractivity contribution in [3.8, 4) is 5.19 Å². The number of carbonyl (C=O) groups excluding carboxylic acids is 1. The number of methoxy groups -OCH3 is 1. The zero-order valence-corrected chi connectivity index (χ0v) is 20.8. The first-order valence-corrected chi connectivity index (χ1v) is 11.5. The topological polar surface area (TPSA) is 86.2 Å². The molecule has 1 N–H and O–H groups in total. The summed E-state index contributed by atoms with van der Waals surface area (Å²) in [5.41, 5.74) is 2.43. The van der Waals surface area contributed by atoms with Gasteiger partial charge in [0, 0.05) is 17.5 Å². The predicted molar refractivity (Wildman–Crippen MR) is 135 cm³/mol. The van der Waals surface area contributed by atoms with E-state index in [9.17, 15) is 9.18 Å². The fourth-order valence-electron chi connectivity index (χ4n) is 2.72. The summed E-state index contributed by atoms with van der Waals surface area (Å²) < 4.78 is 24.9. The molecule has 0 atom stereocenters. The first-order valence-electron chi connectivity index (χ1n) is 10.6. The summed E-state index contributed by atoms with van der Waals surface area (Å²) in [6.07, 6.45) is 13.7. The Morgan fingerprint density at radius 1 is 1.26 bits per heavy atom. The van der Waals surface area contributed by atoms with Crippen LogP contribution in [0.2, 0.25) is 0 Å². The van der Waals surface area contributed by atoms with Crippen molar-refractivity contribution < 1.29 is 18.7 Å². The Morgan fingerprint density at radius 3 is 2.74 bits per heavy atom. The van der Waals surface area contributed by atoms with E-state index in [4.69, 9.17) is 9.47 Å². The maximum atomic E-state index is 13.9. The standard InChI is InChI=1S/C25H29FN4O3S/c1-6-8-12-22(32-5)20(15-26)19-14-18(4)27-16-21(19)23(31)28-24-29-30-25(34-24)33-13-10-9-11-17(3)7-2/h6-9,11-12,14-16H,10,13H2,1-5H3,(H,28,29,31)/b8-6-,11-9-,17-7-,20-15?,22-12+. The number of amides is 1. The van der Waals surface area contributed by atoms with Gasteiger partial charge in [-0.1, -0.05) is 41.1 Å². The van der Waals surface area contributed by atoms with Crippen LogP contribution in [-0.4, -0.2) is 34.8 Å². The van der Waals surface area contributed by atoms with Crippen LogP contribution in [0.4, 0.5) is 9.52 Å². The van der Waals surface area contributed by atoms with Crippen LogP contribution in [0.15, 0.2) is 66.4 Å².